The summed E-state index contributed by atoms with van der Waals surface area (Å²) < 4.78 is 4.35. The van der Waals surface area contributed by atoms with Gasteiger partial charge in [0.05, 0.1) is 0 Å². The highest BCUT2D eigenvalue weighted by Crippen LogP contribution is 2.39. The topological polar surface area (TPSA) is 37.8 Å². The molecule has 1 saturated carbocycles. The van der Waals surface area contributed by atoms with Gasteiger partial charge in [-0.05, 0) is 32.6 Å². The third-order valence-corrected chi connectivity index (χ3v) is 3.45. The largest absolute Gasteiger partial charge is 0.358 e. The molecule has 1 fully saturated rings. The van der Waals surface area contributed by atoms with E-state index in [1.165, 1.54) is 24.4 Å². The minimum absolute atomic E-state index is 0.434. The predicted molar refractivity (Wildman–Crippen MR) is 64.9 cm³/mol. The Hall–Kier alpha value is -0.350. The van der Waals surface area contributed by atoms with E-state index >= 15 is 0 Å². The van der Waals surface area contributed by atoms with Crippen LogP contribution < -0.4 is 5.32 Å². The fourth-order valence-corrected chi connectivity index (χ4v) is 2.38. The highest BCUT2D eigenvalue weighted by molar-refractivity contribution is 7.09. The van der Waals surface area contributed by atoms with E-state index < -0.39 is 0 Å². The van der Waals surface area contributed by atoms with Crippen LogP contribution in [0, 0.1) is 0 Å². The first kappa shape index (κ1) is 11.1. The van der Waals surface area contributed by atoms with E-state index in [1.807, 2.05) is 0 Å². The molecule has 0 saturated heterocycles. The van der Waals surface area contributed by atoms with Gasteiger partial charge in [0.2, 0.25) is 5.13 Å². The van der Waals surface area contributed by atoms with Crippen molar-refractivity contribution in [1.29, 1.82) is 0 Å². The van der Waals surface area contributed by atoms with Gasteiger partial charge in [0, 0.05) is 29.4 Å². The number of hydrogen-bond donors (Lipinski definition) is 1. The Kier molecular flexibility index (Phi) is 3.81. The van der Waals surface area contributed by atoms with Crippen LogP contribution in [0.1, 0.15) is 44.3 Å². The minimum atomic E-state index is 0.434. The summed E-state index contributed by atoms with van der Waals surface area (Å²) in [5.41, 5.74) is 0. The molecule has 1 N–H and O–H groups in total. The number of rotatable bonds is 6. The number of anilines is 1. The van der Waals surface area contributed by atoms with Gasteiger partial charge in [-0.25, -0.2) is 4.98 Å². The van der Waals surface area contributed by atoms with Crippen LogP contribution in [-0.2, 0) is 0 Å². The molecule has 1 aliphatic carbocycles. The fourth-order valence-electron chi connectivity index (χ4n) is 1.47. The molecule has 0 spiro atoms. The molecule has 15 heavy (non-hydrogen) atoms. The van der Waals surface area contributed by atoms with E-state index in [4.69, 9.17) is 11.6 Å². The molecule has 2 rings (SSSR count). The fraction of sp³-hybridized carbons (Fsp3) is 0.800. The SMILES string of the molecule is CC(CCCCl)Nc1nc(C2CC2)ns1. The van der Waals surface area contributed by atoms with E-state index in [1.54, 1.807) is 0 Å². The van der Waals surface area contributed by atoms with E-state index in [2.05, 4.69) is 21.6 Å². The summed E-state index contributed by atoms with van der Waals surface area (Å²) in [6, 6.07) is 0.434. The number of hydrogen-bond acceptors (Lipinski definition) is 4. The molecule has 1 atom stereocenters. The van der Waals surface area contributed by atoms with Crippen LogP contribution in [0.15, 0.2) is 0 Å². The number of nitrogens with zero attached hydrogens (tertiary/aromatic N) is 2. The summed E-state index contributed by atoms with van der Waals surface area (Å²) in [7, 11) is 0. The molecule has 5 heteroatoms. The smallest absolute Gasteiger partial charge is 0.202 e. The molecule has 3 nitrogen and oxygen atoms in total. The van der Waals surface area contributed by atoms with Gasteiger partial charge in [0.1, 0.15) is 5.82 Å². The number of aromatic nitrogens is 2. The molecule has 84 valence electrons. The van der Waals surface area contributed by atoms with Crippen molar-refractivity contribution in [1.82, 2.24) is 9.36 Å². The maximum Gasteiger partial charge on any atom is 0.202 e. The standard InChI is InChI=1S/C10H16ClN3S/c1-7(3-2-6-11)12-10-13-9(14-15-10)8-4-5-8/h7-8H,2-6H2,1H3,(H,12,13,14). The monoisotopic (exact) mass is 245 g/mol. The van der Waals surface area contributed by atoms with Crippen molar-refractivity contribution in [3.05, 3.63) is 5.82 Å². The molecule has 0 radical (unpaired) electrons. The molecule has 1 aromatic heterocycles. The van der Waals surface area contributed by atoms with E-state index in [-0.39, 0.29) is 0 Å². The third-order valence-electron chi connectivity index (χ3n) is 2.52. The van der Waals surface area contributed by atoms with Gasteiger partial charge in [0.25, 0.3) is 0 Å². The molecule has 0 aliphatic heterocycles. The van der Waals surface area contributed by atoms with E-state index in [0.717, 1.165) is 29.7 Å². The quantitative estimate of drug-likeness (QED) is 0.782. The zero-order chi connectivity index (χ0) is 10.7. The molecule has 0 amide bonds. The highest BCUT2D eigenvalue weighted by Gasteiger charge is 2.27. The number of alkyl halides is 1. The second-order valence-electron chi connectivity index (χ2n) is 4.11. The Morgan fingerprint density at radius 2 is 2.40 bits per heavy atom. The lowest BCUT2D eigenvalue weighted by Crippen LogP contribution is -2.14. The minimum Gasteiger partial charge on any atom is -0.358 e. The van der Waals surface area contributed by atoms with Crippen molar-refractivity contribution in [2.24, 2.45) is 0 Å². The van der Waals surface area contributed by atoms with E-state index in [9.17, 15) is 0 Å². The summed E-state index contributed by atoms with van der Waals surface area (Å²) in [5, 5.41) is 4.32. The van der Waals surface area contributed by atoms with Crippen LogP contribution in [0.25, 0.3) is 0 Å². The summed E-state index contributed by atoms with van der Waals surface area (Å²) in [5.74, 6) is 2.41. The first-order valence-corrected chi connectivity index (χ1v) is 6.76. The van der Waals surface area contributed by atoms with Crippen LogP contribution >= 0.6 is 23.1 Å². The van der Waals surface area contributed by atoms with Crippen molar-refractivity contribution >= 4 is 28.3 Å². The Balaban J connectivity index is 1.81. The second-order valence-corrected chi connectivity index (χ2v) is 5.24. The first-order chi connectivity index (χ1) is 7.29. The third kappa shape index (κ3) is 3.31. The van der Waals surface area contributed by atoms with Crippen LogP contribution in [0.4, 0.5) is 5.13 Å². The van der Waals surface area contributed by atoms with Crippen LogP contribution in [-0.4, -0.2) is 21.3 Å². The van der Waals surface area contributed by atoms with Gasteiger partial charge >= 0.3 is 0 Å². The molecule has 1 heterocycles. The number of halogens is 1. The molecular weight excluding hydrogens is 230 g/mol. The molecule has 1 aliphatic rings. The average Bonchev–Trinajstić information content (AvgIpc) is 2.98. The Labute approximate surface area is 99.4 Å². The summed E-state index contributed by atoms with van der Waals surface area (Å²) >= 11 is 7.12. The van der Waals surface area contributed by atoms with Crippen LogP contribution in [0.3, 0.4) is 0 Å². The lowest BCUT2D eigenvalue weighted by Gasteiger charge is -2.10. The van der Waals surface area contributed by atoms with Gasteiger partial charge < -0.3 is 5.32 Å². The van der Waals surface area contributed by atoms with Gasteiger partial charge in [-0.3, -0.25) is 0 Å². The van der Waals surface area contributed by atoms with Crippen LogP contribution in [0.2, 0.25) is 0 Å². The van der Waals surface area contributed by atoms with Crippen LogP contribution in [0.5, 0.6) is 0 Å². The molecule has 1 aromatic rings. The van der Waals surface area contributed by atoms with Crippen molar-refractivity contribution in [3.63, 3.8) is 0 Å². The lowest BCUT2D eigenvalue weighted by atomic mass is 10.2. The predicted octanol–water partition coefficient (Wildman–Crippen LogP) is 3.23. The molecule has 0 aromatic carbocycles. The van der Waals surface area contributed by atoms with Crippen molar-refractivity contribution in [2.75, 3.05) is 11.2 Å². The van der Waals surface area contributed by atoms with Gasteiger partial charge in [-0.1, -0.05) is 0 Å². The number of nitrogens with one attached hydrogen (secondary N) is 1. The summed E-state index contributed by atoms with van der Waals surface area (Å²) in [4.78, 5) is 4.48. The Morgan fingerprint density at radius 1 is 1.60 bits per heavy atom. The van der Waals surface area contributed by atoms with Crippen molar-refractivity contribution in [3.8, 4) is 0 Å². The zero-order valence-electron chi connectivity index (χ0n) is 8.87. The highest BCUT2D eigenvalue weighted by atomic mass is 35.5. The normalized spacial score (nSPS) is 17.7. The van der Waals surface area contributed by atoms with Crippen molar-refractivity contribution < 1.29 is 0 Å². The maximum atomic E-state index is 5.65. The Bertz CT molecular complexity index is 311. The maximum absolute atomic E-state index is 5.65. The average molecular weight is 246 g/mol. The summed E-state index contributed by atoms with van der Waals surface area (Å²) in [6.07, 6.45) is 4.65. The second kappa shape index (κ2) is 5.12. The molecule has 1 unspecified atom stereocenters. The molecular formula is C10H16ClN3S. The summed E-state index contributed by atoms with van der Waals surface area (Å²) in [6.45, 7) is 2.16. The van der Waals surface area contributed by atoms with Gasteiger partial charge in [-0.2, -0.15) is 4.37 Å². The first-order valence-electron chi connectivity index (χ1n) is 5.45. The Morgan fingerprint density at radius 3 is 3.07 bits per heavy atom. The zero-order valence-corrected chi connectivity index (χ0v) is 10.4. The van der Waals surface area contributed by atoms with Crippen molar-refractivity contribution in [2.45, 2.75) is 44.6 Å². The van der Waals surface area contributed by atoms with E-state index in [0.29, 0.717) is 12.0 Å². The lowest BCUT2D eigenvalue weighted by molar-refractivity contribution is 0.692. The van der Waals surface area contributed by atoms with Gasteiger partial charge in [0.15, 0.2) is 0 Å². The van der Waals surface area contributed by atoms with Gasteiger partial charge in [-0.15, -0.1) is 11.6 Å². The molecule has 0 bridgehead atoms.